The van der Waals surface area contributed by atoms with E-state index in [1.165, 1.54) is 0 Å². The van der Waals surface area contributed by atoms with E-state index >= 15 is 0 Å². The Kier molecular flexibility index (Phi) is 5.33. The summed E-state index contributed by atoms with van der Waals surface area (Å²) in [4.78, 5) is 11.7. The second-order valence-electron chi connectivity index (χ2n) is 4.65. The number of rotatable bonds is 6. The van der Waals surface area contributed by atoms with E-state index < -0.39 is 10.0 Å². The maximum atomic E-state index is 11.9. The van der Waals surface area contributed by atoms with Crippen molar-refractivity contribution in [1.29, 1.82) is 0 Å². The van der Waals surface area contributed by atoms with Crippen molar-refractivity contribution in [1.82, 2.24) is 5.32 Å². The van der Waals surface area contributed by atoms with Crippen molar-refractivity contribution in [3.63, 3.8) is 0 Å². The van der Waals surface area contributed by atoms with Gasteiger partial charge in [0.25, 0.3) is 0 Å². The van der Waals surface area contributed by atoms with Crippen molar-refractivity contribution in [3.8, 4) is 0 Å². The molecule has 0 bridgehead atoms. The molecule has 20 heavy (non-hydrogen) atoms. The summed E-state index contributed by atoms with van der Waals surface area (Å²) in [5.74, 6) is -0.365. The van der Waals surface area contributed by atoms with Gasteiger partial charge >= 0.3 is 0 Å². The van der Waals surface area contributed by atoms with Crippen LogP contribution in [0.25, 0.3) is 0 Å². The summed E-state index contributed by atoms with van der Waals surface area (Å²) < 4.78 is 24.9. The predicted molar refractivity (Wildman–Crippen MR) is 81.3 cm³/mol. The van der Waals surface area contributed by atoms with E-state index in [1.54, 1.807) is 12.1 Å². The van der Waals surface area contributed by atoms with E-state index in [9.17, 15) is 13.2 Å². The zero-order valence-electron chi connectivity index (χ0n) is 12.0. The van der Waals surface area contributed by atoms with E-state index in [0.29, 0.717) is 12.2 Å². The molecule has 0 atom stereocenters. The molecular formula is C14H20N2O3S. The fourth-order valence-corrected chi connectivity index (χ4v) is 2.75. The summed E-state index contributed by atoms with van der Waals surface area (Å²) in [7, 11) is -3.53. The highest BCUT2D eigenvalue weighted by Crippen LogP contribution is 2.23. The summed E-state index contributed by atoms with van der Waals surface area (Å²) in [6.45, 7) is 7.32. The fraction of sp³-hybridized carbons (Fsp3) is 0.357. The van der Waals surface area contributed by atoms with Gasteiger partial charge in [-0.15, -0.1) is 6.58 Å². The van der Waals surface area contributed by atoms with Crippen LogP contribution in [0, 0.1) is 13.8 Å². The standard InChI is InChI=1S/C14H20N2O3S/c1-5-8-15-14(17)10-16(20(4,18)19)13-7-6-11(2)9-12(13)3/h5-7,9H,1,8,10H2,2-4H3,(H,15,17). The number of nitrogens with zero attached hydrogens (tertiary/aromatic N) is 1. The Bertz CT molecular complexity index is 609. The topological polar surface area (TPSA) is 66.5 Å². The van der Waals surface area contributed by atoms with Gasteiger partial charge in [-0.1, -0.05) is 23.8 Å². The number of hydrogen-bond acceptors (Lipinski definition) is 3. The van der Waals surface area contributed by atoms with Crippen molar-refractivity contribution in [3.05, 3.63) is 42.0 Å². The second kappa shape index (κ2) is 6.56. The third-order valence-corrected chi connectivity index (χ3v) is 3.88. The summed E-state index contributed by atoms with van der Waals surface area (Å²) in [5, 5.41) is 2.57. The Hall–Kier alpha value is -1.82. The number of carbonyl (C=O) groups excluding carboxylic acids is 1. The van der Waals surface area contributed by atoms with Crippen LogP contribution in [0.3, 0.4) is 0 Å². The molecule has 1 N–H and O–H groups in total. The fourth-order valence-electron chi connectivity index (χ4n) is 1.84. The van der Waals surface area contributed by atoms with Crippen LogP contribution in [0.2, 0.25) is 0 Å². The highest BCUT2D eigenvalue weighted by Gasteiger charge is 2.21. The minimum Gasteiger partial charge on any atom is -0.351 e. The molecule has 0 aliphatic rings. The molecule has 110 valence electrons. The first-order chi connectivity index (χ1) is 9.25. The molecule has 0 aliphatic carbocycles. The number of benzene rings is 1. The molecule has 0 fully saturated rings. The molecule has 0 aromatic heterocycles. The lowest BCUT2D eigenvalue weighted by Gasteiger charge is -2.23. The average Bonchev–Trinajstić information content (AvgIpc) is 2.33. The number of anilines is 1. The first-order valence-corrected chi connectivity index (χ1v) is 8.03. The van der Waals surface area contributed by atoms with Gasteiger partial charge in [0, 0.05) is 6.54 Å². The van der Waals surface area contributed by atoms with Crippen LogP contribution in [0.4, 0.5) is 5.69 Å². The van der Waals surface area contributed by atoms with Crippen molar-refractivity contribution in [2.75, 3.05) is 23.7 Å². The molecule has 1 amide bonds. The van der Waals surface area contributed by atoms with Crippen LogP contribution in [0.5, 0.6) is 0 Å². The molecule has 0 heterocycles. The summed E-state index contributed by atoms with van der Waals surface area (Å²) >= 11 is 0. The summed E-state index contributed by atoms with van der Waals surface area (Å²) in [6.07, 6.45) is 2.63. The highest BCUT2D eigenvalue weighted by molar-refractivity contribution is 7.92. The molecule has 6 heteroatoms. The van der Waals surface area contributed by atoms with Gasteiger partial charge in [0.15, 0.2) is 0 Å². The normalized spacial score (nSPS) is 10.9. The first kappa shape index (κ1) is 16.2. The van der Waals surface area contributed by atoms with Crippen LogP contribution in [0.15, 0.2) is 30.9 Å². The number of aryl methyl sites for hydroxylation is 2. The highest BCUT2D eigenvalue weighted by atomic mass is 32.2. The van der Waals surface area contributed by atoms with E-state index in [0.717, 1.165) is 21.7 Å². The van der Waals surface area contributed by atoms with Crippen LogP contribution in [0.1, 0.15) is 11.1 Å². The van der Waals surface area contributed by atoms with Crippen LogP contribution < -0.4 is 9.62 Å². The summed E-state index contributed by atoms with van der Waals surface area (Å²) in [5.41, 5.74) is 2.37. The van der Waals surface area contributed by atoms with Crippen molar-refractivity contribution < 1.29 is 13.2 Å². The van der Waals surface area contributed by atoms with E-state index in [4.69, 9.17) is 0 Å². The maximum Gasteiger partial charge on any atom is 0.241 e. The largest absolute Gasteiger partial charge is 0.351 e. The van der Waals surface area contributed by atoms with E-state index in [-0.39, 0.29) is 12.5 Å². The molecule has 0 spiro atoms. The monoisotopic (exact) mass is 296 g/mol. The van der Waals surface area contributed by atoms with E-state index in [1.807, 2.05) is 26.0 Å². The number of carbonyl (C=O) groups is 1. The lowest BCUT2D eigenvalue weighted by molar-refractivity contribution is -0.119. The Labute approximate surface area is 120 Å². The van der Waals surface area contributed by atoms with E-state index in [2.05, 4.69) is 11.9 Å². The number of nitrogens with one attached hydrogen (secondary N) is 1. The SMILES string of the molecule is C=CCNC(=O)CN(c1ccc(C)cc1C)S(C)(=O)=O. The zero-order valence-corrected chi connectivity index (χ0v) is 12.8. The minimum absolute atomic E-state index is 0.240. The number of hydrogen-bond donors (Lipinski definition) is 1. The third-order valence-electron chi connectivity index (χ3n) is 2.75. The average molecular weight is 296 g/mol. The van der Waals surface area contributed by atoms with Gasteiger partial charge in [-0.3, -0.25) is 9.10 Å². The molecular weight excluding hydrogens is 276 g/mol. The maximum absolute atomic E-state index is 11.9. The van der Waals surface area contributed by atoms with Gasteiger partial charge in [-0.2, -0.15) is 0 Å². The van der Waals surface area contributed by atoms with Gasteiger partial charge in [-0.05, 0) is 25.5 Å². The quantitative estimate of drug-likeness (QED) is 0.806. The smallest absolute Gasteiger partial charge is 0.241 e. The molecule has 1 aromatic carbocycles. The van der Waals surface area contributed by atoms with Gasteiger partial charge in [0.1, 0.15) is 6.54 Å². The first-order valence-electron chi connectivity index (χ1n) is 6.18. The molecule has 0 unspecified atom stereocenters. The van der Waals surface area contributed by atoms with Crippen LogP contribution in [-0.2, 0) is 14.8 Å². The molecule has 1 rings (SSSR count). The summed E-state index contributed by atoms with van der Waals surface area (Å²) in [6, 6.07) is 5.42. The van der Waals surface area contributed by atoms with Crippen LogP contribution >= 0.6 is 0 Å². The van der Waals surface area contributed by atoms with Gasteiger partial charge in [0.05, 0.1) is 11.9 Å². The third kappa shape index (κ3) is 4.38. The Morgan fingerprint density at radius 1 is 1.40 bits per heavy atom. The Morgan fingerprint density at radius 2 is 2.05 bits per heavy atom. The van der Waals surface area contributed by atoms with Gasteiger partial charge in [0.2, 0.25) is 15.9 Å². The zero-order chi connectivity index (χ0) is 15.3. The van der Waals surface area contributed by atoms with Crippen molar-refractivity contribution in [2.45, 2.75) is 13.8 Å². The second-order valence-corrected chi connectivity index (χ2v) is 6.56. The lowest BCUT2D eigenvalue weighted by atomic mass is 10.1. The molecule has 0 aliphatic heterocycles. The number of sulfonamides is 1. The molecule has 0 radical (unpaired) electrons. The molecule has 5 nitrogen and oxygen atoms in total. The number of amides is 1. The molecule has 0 saturated heterocycles. The molecule has 1 aromatic rings. The van der Waals surface area contributed by atoms with Crippen LogP contribution in [-0.4, -0.2) is 33.7 Å². The Balaban J connectivity index is 3.08. The van der Waals surface area contributed by atoms with Gasteiger partial charge in [-0.25, -0.2) is 8.42 Å². The molecule has 0 saturated carbocycles. The van der Waals surface area contributed by atoms with Gasteiger partial charge < -0.3 is 5.32 Å². The van der Waals surface area contributed by atoms with Crippen molar-refractivity contribution in [2.24, 2.45) is 0 Å². The lowest BCUT2D eigenvalue weighted by Crippen LogP contribution is -2.40. The minimum atomic E-state index is -3.53. The predicted octanol–water partition coefficient (Wildman–Crippen LogP) is 1.37. The van der Waals surface area contributed by atoms with Crippen molar-refractivity contribution >= 4 is 21.6 Å². The Morgan fingerprint density at radius 3 is 2.55 bits per heavy atom.